The molecule has 0 radical (unpaired) electrons. The number of benzene rings is 1. The molecule has 0 bridgehead atoms. The normalized spacial score (nSPS) is 16.7. The highest BCUT2D eigenvalue weighted by molar-refractivity contribution is 9.10. The lowest BCUT2D eigenvalue weighted by molar-refractivity contribution is 0.0918. The van der Waals surface area contributed by atoms with E-state index < -0.39 is 0 Å². The van der Waals surface area contributed by atoms with Crippen molar-refractivity contribution < 1.29 is 9.53 Å². The minimum Gasteiger partial charge on any atom is -0.376 e. The molecule has 1 atom stereocenters. The number of ether oxygens (including phenoxy) is 1. The lowest BCUT2D eigenvalue weighted by atomic mass is 10.2. The number of rotatable bonds is 5. The first-order valence-corrected chi connectivity index (χ1v) is 11.0. The zero-order chi connectivity index (χ0) is 17.9. The Balaban J connectivity index is 1.62. The number of hydrogen-bond acceptors (Lipinski definition) is 5. The van der Waals surface area contributed by atoms with Gasteiger partial charge in [0.2, 0.25) is 0 Å². The molecular weight excluding hydrogens is 432 g/mol. The maximum Gasteiger partial charge on any atom is 0.260 e. The van der Waals surface area contributed by atoms with Gasteiger partial charge in [-0.3, -0.25) is 9.69 Å². The summed E-state index contributed by atoms with van der Waals surface area (Å²) in [6.45, 7) is 1.31. The van der Waals surface area contributed by atoms with Crippen LogP contribution < -0.4 is 4.90 Å². The summed E-state index contributed by atoms with van der Waals surface area (Å²) >= 11 is 6.48. The fourth-order valence-electron chi connectivity index (χ4n) is 2.92. The molecule has 1 amide bonds. The zero-order valence-corrected chi connectivity index (χ0v) is 17.1. The summed E-state index contributed by atoms with van der Waals surface area (Å²) in [5, 5.41) is 6.53. The number of anilines is 1. The van der Waals surface area contributed by atoms with Crippen LogP contribution in [0.3, 0.4) is 0 Å². The Morgan fingerprint density at radius 1 is 1.27 bits per heavy atom. The average Bonchev–Trinajstić information content (AvgIpc) is 3.42. The molecule has 1 fully saturated rings. The van der Waals surface area contributed by atoms with Crippen LogP contribution in [0.2, 0.25) is 0 Å². The predicted molar refractivity (Wildman–Crippen MR) is 110 cm³/mol. The van der Waals surface area contributed by atoms with Crippen LogP contribution in [0.15, 0.2) is 50.9 Å². The topological polar surface area (TPSA) is 42.4 Å². The average molecular weight is 449 g/mol. The molecular formula is C19H17BrN2O2S2. The Labute approximate surface area is 168 Å². The van der Waals surface area contributed by atoms with Crippen molar-refractivity contribution in [2.24, 2.45) is 0 Å². The lowest BCUT2D eigenvalue weighted by Crippen LogP contribution is -2.37. The van der Waals surface area contributed by atoms with Gasteiger partial charge in [0.15, 0.2) is 5.13 Å². The van der Waals surface area contributed by atoms with Gasteiger partial charge >= 0.3 is 0 Å². The quantitative estimate of drug-likeness (QED) is 0.520. The second-order valence-corrected chi connectivity index (χ2v) is 8.62. The van der Waals surface area contributed by atoms with E-state index in [1.165, 1.54) is 22.7 Å². The molecule has 2 aromatic heterocycles. The summed E-state index contributed by atoms with van der Waals surface area (Å²) in [5.74, 6) is -0.0153. The third-order valence-corrected chi connectivity index (χ3v) is 6.36. The first-order chi connectivity index (χ1) is 12.7. The largest absolute Gasteiger partial charge is 0.376 e. The smallest absolute Gasteiger partial charge is 0.260 e. The van der Waals surface area contributed by atoms with Gasteiger partial charge in [-0.1, -0.05) is 28.1 Å². The van der Waals surface area contributed by atoms with E-state index >= 15 is 0 Å². The molecule has 3 aromatic rings. The van der Waals surface area contributed by atoms with Gasteiger partial charge in [-0.25, -0.2) is 4.98 Å². The summed E-state index contributed by atoms with van der Waals surface area (Å²) in [5.41, 5.74) is 2.62. The van der Waals surface area contributed by atoms with Crippen molar-refractivity contribution in [3.63, 3.8) is 0 Å². The first kappa shape index (κ1) is 17.9. The second kappa shape index (κ2) is 8.00. The lowest BCUT2D eigenvalue weighted by Gasteiger charge is -2.22. The second-order valence-electron chi connectivity index (χ2n) is 6.09. The highest BCUT2D eigenvalue weighted by atomic mass is 79.9. The molecule has 3 heterocycles. The van der Waals surface area contributed by atoms with Gasteiger partial charge in [0.05, 0.1) is 23.9 Å². The van der Waals surface area contributed by atoms with Gasteiger partial charge in [0, 0.05) is 27.4 Å². The van der Waals surface area contributed by atoms with Crippen molar-refractivity contribution in [2.75, 3.05) is 18.1 Å². The maximum atomic E-state index is 13.0. The van der Waals surface area contributed by atoms with Crippen molar-refractivity contribution in [1.82, 2.24) is 4.98 Å². The molecule has 1 aliphatic heterocycles. The number of carbonyl (C=O) groups excluding carboxylic acids is 1. The molecule has 26 heavy (non-hydrogen) atoms. The first-order valence-electron chi connectivity index (χ1n) is 8.38. The Morgan fingerprint density at radius 2 is 2.12 bits per heavy atom. The highest BCUT2D eigenvalue weighted by Crippen LogP contribution is 2.30. The van der Waals surface area contributed by atoms with E-state index in [0.29, 0.717) is 12.1 Å². The Morgan fingerprint density at radius 3 is 2.81 bits per heavy atom. The zero-order valence-electron chi connectivity index (χ0n) is 13.9. The molecule has 4 rings (SSSR count). The number of thiazole rings is 1. The number of hydrogen-bond donors (Lipinski definition) is 0. The van der Waals surface area contributed by atoms with Gasteiger partial charge in [-0.05, 0) is 36.4 Å². The monoisotopic (exact) mass is 448 g/mol. The fraction of sp³-hybridized carbons (Fsp3) is 0.263. The molecule has 0 spiro atoms. The molecule has 1 saturated heterocycles. The molecule has 1 aromatic carbocycles. The van der Waals surface area contributed by atoms with Crippen LogP contribution in [-0.2, 0) is 4.74 Å². The van der Waals surface area contributed by atoms with Crippen molar-refractivity contribution in [3.8, 4) is 11.3 Å². The van der Waals surface area contributed by atoms with Crippen molar-refractivity contribution in [2.45, 2.75) is 18.9 Å². The van der Waals surface area contributed by atoms with Crippen LogP contribution in [0, 0.1) is 0 Å². The van der Waals surface area contributed by atoms with Gasteiger partial charge in [0.25, 0.3) is 5.91 Å². The number of amides is 1. The van der Waals surface area contributed by atoms with E-state index in [0.717, 1.165) is 40.3 Å². The van der Waals surface area contributed by atoms with E-state index in [1.807, 2.05) is 46.5 Å². The van der Waals surface area contributed by atoms with Gasteiger partial charge in [-0.2, -0.15) is 11.3 Å². The molecule has 0 saturated carbocycles. The summed E-state index contributed by atoms with van der Waals surface area (Å²) in [6, 6.07) is 9.89. The number of halogens is 1. The van der Waals surface area contributed by atoms with Gasteiger partial charge in [-0.15, -0.1) is 11.3 Å². The number of carbonyl (C=O) groups is 1. The van der Waals surface area contributed by atoms with Crippen LogP contribution >= 0.6 is 38.6 Å². The molecule has 1 unspecified atom stereocenters. The van der Waals surface area contributed by atoms with E-state index in [-0.39, 0.29) is 12.0 Å². The molecule has 7 heteroatoms. The van der Waals surface area contributed by atoms with Crippen molar-refractivity contribution in [3.05, 3.63) is 56.5 Å². The van der Waals surface area contributed by atoms with E-state index in [2.05, 4.69) is 15.9 Å². The van der Waals surface area contributed by atoms with Crippen LogP contribution in [0.5, 0.6) is 0 Å². The predicted octanol–water partition coefficient (Wildman–Crippen LogP) is 5.46. The highest BCUT2D eigenvalue weighted by Gasteiger charge is 2.27. The van der Waals surface area contributed by atoms with Crippen LogP contribution in [-0.4, -0.2) is 30.1 Å². The van der Waals surface area contributed by atoms with Gasteiger partial charge < -0.3 is 4.74 Å². The summed E-state index contributed by atoms with van der Waals surface area (Å²) in [4.78, 5) is 19.5. The maximum absolute atomic E-state index is 13.0. The summed E-state index contributed by atoms with van der Waals surface area (Å²) < 4.78 is 6.79. The summed E-state index contributed by atoms with van der Waals surface area (Å²) in [7, 11) is 0. The van der Waals surface area contributed by atoms with Gasteiger partial charge in [0.1, 0.15) is 0 Å². The minimum absolute atomic E-state index is 0.0153. The molecule has 1 aliphatic rings. The molecule has 0 aliphatic carbocycles. The number of thiophene rings is 1. The Hall–Kier alpha value is -1.54. The standard InChI is InChI=1S/C19H17BrN2O2S2/c20-15-5-3-13(4-6-15)17-12-26-19(21-17)22(10-16-2-1-8-24-16)18(23)14-7-9-25-11-14/h3-7,9,11-12,16H,1-2,8,10H2. The fourth-order valence-corrected chi connectivity index (χ4v) is 4.66. The summed E-state index contributed by atoms with van der Waals surface area (Å²) in [6.07, 6.45) is 2.11. The van der Waals surface area contributed by atoms with Crippen LogP contribution in [0.25, 0.3) is 11.3 Å². The molecule has 4 nitrogen and oxygen atoms in total. The van der Waals surface area contributed by atoms with E-state index in [9.17, 15) is 4.79 Å². The number of nitrogens with zero attached hydrogens (tertiary/aromatic N) is 2. The molecule has 0 N–H and O–H groups in total. The SMILES string of the molecule is O=C(c1ccsc1)N(CC1CCCO1)c1nc(-c2ccc(Br)cc2)cs1. The van der Waals surface area contributed by atoms with Crippen LogP contribution in [0.4, 0.5) is 5.13 Å². The number of aromatic nitrogens is 1. The van der Waals surface area contributed by atoms with E-state index in [4.69, 9.17) is 9.72 Å². The van der Waals surface area contributed by atoms with E-state index in [1.54, 1.807) is 4.90 Å². The molecule has 134 valence electrons. The van der Waals surface area contributed by atoms with Crippen molar-refractivity contribution >= 4 is 49.6 Å². The Kier molecular flexibility index (Phi) is 5.49. The van der Waals surface area contributed by atoms with Crippen LogP contribution in [0.1, 0.15) is 23.2 Å². The third-order valence-electron chi connectivity index (χ3n) is 4.29. The minimum atomic E-state index is -0.0153. The Bertz CT molecular complexity index is 871. The third kappa shape index (κ3) is 3.91. The van der Waals surface area contributed by atoms with Crippen molar-refractivity contribution in [1.29, 1.82) is 0 Å².